The number of pyridine rings is 2. The fourth-order valence-corrected chi connectivity index (χ4v) is 8.33. The fourth-order valence-electron chi connectivity index (χ4n) is 8.33. The molecule has 0 unspecified atom stereocenters. The largest absolute Gasteiger partial charge is 0.496 e. The third kappa shape index (κ3) is 9.29. The van der Waals surface area contributed by atoms with E-state index in [2.05, 4.69) is 21.8 Å². The van der Waals surface area contributed by atoms with Crippen LogP contribution in [0.4, 0.5) is 0 Å². The number of rotatable bonds is 15. The molecule has 59 heavy (non-hydrogen) atoms. The Morgan fingerprint density at radius 2 is 1.51 bits per heavy atom. The molecule has 2 aromatic carbocycles. The highest BCUT2D eigenvalue weighted by atomic mass is 16.5. The Hall–Kier alpha value is -5.73. The van der Waals surface area contributed by atoms with Gasteiger partial charge in [0.2, 0.25) is 0 Å². The van der Waals surface area contributed by atoms with E-state index in [0.717, 1.165) is 98.0 Å². The minimum Gasteiger partial charge on any atom is -0.496 e. The molecule has 0 saturated carbocycles. The first-order valence-corrected chi connectivity index (χ1v) is 20.6. The highest BCUT2D eigenvalue weighted by Crippen LogP contribution is 2.38. The molecule has 7 rings (SSSR count). The number of nitrogens with one attached hydrogen (secondary N) is 1. The predicted octanol–water partition coefficient (Wildman–Crippen LogP) is 5.79. The van der Waals surface area contributed by atoms with E-state index in [0.29, 0.717) is 48.6 Å². The first-order valence-electron chi connectivity index (χ1n) is 20.6. The molecule has 5 heterocycles. The molecule has 312 valence electrons. The maximum absolute atomic E-state index is 13.6. The van der Waals surface area contributed by atoms with Crippen molar-refractivity contribution < 1.29 is 23.7 Å². The van der Waals surface area contributed by atoms with Gasteiger partial charge in [0, 0.05) is 81.2 Å². The number of carbonyl (C=O) groups excluding carboxylic acids is 1. The van der Waals surface area contributed by atoms with Gasteiger partial charge in [0.05, 0.1) is 50.2 Å². The van der Waals surface area contributed by atoms with Gasteiger partial charge in [-0.2, -0.15) is 0 Å². The molecule has 0 spiro atoms. The van der Waals surface area contributed by atoms with E-state index in [9.17, 15) is 19.2 Å². The highest BCUT2D eigenvalue weighted by Gasteiger charge is 2.29. The number of likely N-dealkylation sites (tertiary alicyclic amines) is 2. The lowest BCUT2D eigenvalue weighted by molar-refractivity contribution is -0.0629. The zero-order valence-corrected chi connectivity index (χ0v) is 34.4. The molecule has 1 N–H and O–H groups in total. The normalized spacial score (nSPS) is 15.4. The van der Waals surface area contributed by atoms with Crippen molar-refractivity contribution >= 4 is 16.7 Å². The third-order valence-electron chi connectivity index (χ3n) is 11.6. The number of unbranched alkanes of at least 4 members (excludes halogenated alkanes) is 3. The maximum Gasteiger partial charge on any atom is 0.333 e. The van der Waals surface area contributed by atoms with Crippen LogP contribution in [0.3, 0.4) is 0 Å². The number of ether oxygens (including phenoxy) is 4. The van der Waals surface area contributed by atoms with Crippen LogP contribution in [0.5, 0.6) is 17.2 Å². The first-order chi connectivity index (χ1) is 28.7. The highest BCUT2D eigenvalue weighted by molar-refractivity contribution is 5.96. The number of benzene rings is 2. The number of carbonyl (C=O) groups is 1. The topological polar surface area (TPSA) is 150 Å². The summed E-state index contributed by atoms with van der Waals surface area (Å²) in [6, 6.07) is 12.2. The number of piperidine rings is 2. The van der Waals surface area contributed by atoms with Crippen LogP contribution in [0, 0.1) is 0 Å². The van der Waals surface area contributed by atoms with Crippen molar-refractivity contribution in [2.24, 2.45) is 0 Å². The van der Waals surface area contributed by atoms with Crippen molar-refractivity contribution in [3.63, 3.8) is 0 Å². The number of aromatic amines is 1. The standard InChI is InChI=1S/C45H54N6O8/c1-5-6-7-8-18-50-29-36(34-11-17-46-27-35(34)44(50)54)31-25-40(57-3)37(41(26-31)58-4)28-48-19-12-32(13-20-48)59-33-14-21-49(22-15-33)43(53)30-9-10-39(56-2)38(24-30)51-23-16-42(52)47-45(51)55/h9-11,16-17,23-27,29,32-33H,5-8,12-15,18-22,28H2,1-4H3,(H,47,52,55). The van der Waals surface area contributed by atoms with Gasteiger partial charge in [-0.3, -0.25) is 33.8 Å². The molecular formula is C45H54N6O8. The maximum atomic E-state index is 13.6. The average molecular weight is 807 g/mol. The van der Waals surface area contributed by atoms with E-state index < -0.39 is 11.2 Å². The molecule has 5 aromatic rings. The summed E-state index contributed by atoms with van der Waals surface area (Å²) in [6.45, 7) is 6.32. The zero-order valence-electron chi connectivity index (χ0n) is 34.4. The molecule has 2 fully saturated rings. The van der Waals surface area contributed by atoms with Crippen molar-refractivity contribution in [1.29, 1.82) is 0 Å². The van der Waals surface area contributed by atoms with Gasteiger partial charge in [0.1, 0.15) is 17.2 Å². The number of hydrogen-bond donors (Lipinski definition) is 1. The van der Waals surface area contributed by atoms with Gasteiger partial charge in [-0.15, -0.1) is 0 Å². The Kier molecular flexibility index (Phi) is 13.3. The summed E-state index contributed by atoms with van der Waals surface area (Å²) in [5.74, 6) is 1.74. The van der Waals surface area contributed by atoms with Crippen molar-refractivity contribution in [3.8, 4) is 34.1 Å². The summed E-state index contributed by atoms with van der Waals surface area (Å²) >= 11 is 0. The van der Waals surface area contributed by atoms with E-state index in [4.69, 9.17) is 18.9 Å². The van der Waals surface area contributed by atoms with E-state index in [-0.39, 0.29) is 23.7 Å². The molecule has 0 radical (unpaired) electrons. The molecule has 2 saturated heterocycles. The van der Waals surface area contributed by atoms with Crippen molar-refractivity contribution in [2.45, 2.75) is 83.6 Å². The minimum absolute atomic E-state index is 0.0260. The van der Waals surface area contributed by atoms with Crippen molar-refractivity contribution in [1.82, 2.24) is 28.9 Å². The molecule has 3 aromatic heterocycles. The van der Waals surface area contributed by atoms with Gasteiger partial charge in [0.15, 0.2) is 0 Å². The number of H-pyrrole nitrogens is 1. The summed E-state index contributed by atoms with van der Waals surface area (Å²) in [4.78, 5) is 61.9. The smallest absolute Gasteiger partial charge is 0.333 e. The Bertz CT molecular complexity index is 2420. The number of methoxy groups -OCH3 is 3. The van der Waals surface area contributed by atoms with Gasteiger partial charge in [0.25, 0.3) is 17.0 Å². The summed E-state index contributed by atoms with van der Waals surface area (Å²) < 4.78 is 27.1. The first kappa shape index (κ1) is 41.4. The Morgan fingerprint density at radius 3 is 2.17 bits per heavy atom. The van der Waals surface area contributed by atoms with Crippen molar-refractivity contribution in [3.05, 3.63) is 110 Å². The van der Waals surface area contributed by atoms with Crippen LogP contribution in [0.25, 0.3) is 27.6 Å². The lowest BCUT2D eigenvalue weighted by Gasteiger charge is -2.37. The molecular weight excluding hydrogens is 753 g/mol. The number of amides is 1. The number of aryl methyl sites for hydroxylation is 1. The van der Waals surface area contributed by atoms with E-state index in [1.165, 1.54) is 23.9 Å². The molecule has 0 bridgehead atoms. The predicted molar refractivity (Wildman–Crippen MR) is 226 cm³/mol. The number of aromatic nitrogens is 4. The number of hydrogen-bond acceptors (Lipinski definition) is 10. The minimum atomic E-state index is -0.615. The van der Waals surface area contributed by atoms with Crippen LogP contribution in [0.1, 0.15) is 74.2 Å². The summed E-state index contributed by atoms with van der Waals surface area (Å²) in [7, 11) is 4.85. The van der Waals surface area contributed by atoms with Gasteiger partial charge >= 0.3 is 5.69 Å². The van der Waals surface area contributed by atoms with Crippen LogP contribution >= 0.6 is 0 Å². The van der Waals surface area contributed by atoms with Gasteiger partial charge < -0.3 is 28.4 Å². The molecule has 2 aliphatic heterocycles. The number of fused-ring (bicyclic) bond motifs is 1. The monoisotopic (exact) mass is 806 g/mol. The molecule has 14 nitrogen and oxygen atoms in total. The Balaban J connectivity index is 0.964. The second-order valence-electron chi connectivity index (χ2n) is 15.4. The second kappa shape index (κ2) is 18.9. The molecule has 14 heteroatoms. The fraction of sp³-hybridized carbons (Fsp3) is 0.444. The van der Waals surface area contributed by atoms with Gasteiger partial charge in [-0.25, -0.2) is 4.79 Å². The quantitative estimate of drug-likeness (QED) is 0.129. The summed E-state index contributed by atoms with van der Waals surface area (Å²) in [6.07, 6.45) is 14.4. The van der Waals surface area contributed by atoms with Crippen LogP contribution in [-0.4, -0.2) is 94.5 Å². The van der Waals surface area contributed by atoms with Gasteiger partial charge in [-0.05, 0) is 79.5 Å². The Labute approximate surface area is 343 Å². The Morgan fingerprint density at radius 1 is 0.814 bits per heavy atom. The molecule has 1 amide bonds. The third-order valence-corrected chi connectivity index (χ3v) is 11.6. The van der Waals surface area contributed by atoms with Crippen LogP contribution < -0.4 is 31.0 Å². The number of nitrogens with zero attached hydrogens (tertiary/aromatic N) is 5. The lowest BCUT2D eigenvalue weighted by atomic mass is 9.98. The summed E-state index contributed by atoms with van der Waals surface area (Å²) in [5, 5.41) is 1.44. The van der Waals surface area contributed by atoms with Crippen molar-refractivity contribution in [2.75, 3.05) is 47.5 Å². The zero-order chi connectivity index (χ0) is 41.5. The van der Waals surface area contributed by atoms with Crippen LogP contribution in [-0.2, 0) is 17.8 Å². The molecule has 0 atom stereocenters. The second-order valence-corrected chi connectivity index (χ2v) is 15.4. The van der Waals surface area contributed by atoms with Gasteiger partial charge in [-0.1, -0.05) is 26.2 Å². The van der Waals surface area contributed by atoms with E-state index >= 15 is 0 Å². The molecule has 0 aliphatic carbocycles. The lowest BCUT2D eigenvalue weighted by Crippen LogP contribution is -2.43. The van der Waals surface area contributed by atoms with E-state index in [1.807, 2.05) is 33.9 Å². The summed E-state index contributed by atoms with van der Waals surface area (Å²) in [5.41, 5.74) is 2.48. The van der Waals surface area contributed by atoms with Crippen LogP contribution in [0.2, 0.25) is 0 Å². The van der Waals surface area contributed by atoms with Crippen LogP contribution in [0.15, 0.2) is 81.6 Å². The molecule has 2 aliphatic rings. The SMILES string of the molecule is CCCCCCn1cc(-c2cc(OC)c(CN3CCC(OC4CCN(C(=O)c5ccc(OC)c(-n6ccc(=O)[nH]c6=O)c5)CC4)CC3)c(OC)c2)c2ccncc2c1=O. The van der Waals surface area contributed by atoms with E-state index in [1.54, 1.807) is 44.8 Å². The average Bonchev–Trinajstić information content (AvgIpc) is 3.26.